The van der Waals surface area contributed by atoms with E-state index >= 15 is 0 Å². The number of halogens is 1. The number of guanidine groups is 1. The standard InChI is InChI=1S/C25H32N4O2.HI/c1-26-25(27-16-20-9-11-23(12-10-20)29-14-5-8-24(29)30)28-15-13-22(17-28)19-31-18-21-6-3-2-4-7-21;/h2-4,6-7,9-12,22H,5,8,13-19H2,1H3,(H,26,27);1H. The van der Waals surface area contributed by atoms with Crippen LogP contribution in [-0.2, 0) is 22.7 Å². The second-order valence-electron chi connectivity index (χ2n) is 8.32. The molecule has 2 aromatic rings. The molecule has 1 amide bonds. The van der Waals surface area contributed by atoms with Crippen LogP contribution in [0.2, 0.25) is 0 Å². The van der Waals surface area contributed by atoms with Gasteiger partial charge in [0, 0.05) is 51.3 Å². The van der Waals surface area contributed by atoms with Crippen LogP contribution < -0.4 is 10.2 Å². The van der Waals surface area contributed by atoms with Crippen LogP contribution in [0.5, 0.6) is 0 Å². The first-order chi connectivity index (χ1) is 15.2. The zero-order valence-electron chi connectivity index (χ0n) is 18.7. The number of carbonyl (C=O) groups is 1. The van der Waals surface area contributed by atoms with Crippen molar-refractivity contribution in [2.24, 2.45) is 10.9 Å². The highest BCUT2D eigenvalue weighted by atomic mass is 127. The summed E-state index contributed by atoms with van der Waals surface area (Å²) in [5.41, 5.74) is 3.39. The lowest BCUT2D eigenvalue weighted by Crippen LogP contribution is -2.39. The lowest BCUT2D eigenvalue weighted by atomic mass is 10.1. The number of nitrogens with zero attached hydrogens (tertiary/aromatic N) is 3. The fraction of sp³-hybridized carbons (Fsp3) is 0.440. The second kappa shape index (κ2) is 12.2. The molecule has 1 atom stereocenters. The topological polar surface area (TPSA) is 57.2 Å². The van der Waals surface area contributed by atoms with Crippen molar-refractivity contribution >= 4 is 41.5 Å². The summed E-state index contributed by atoms with van der Waals surface area (Å²) in [5.74, 6) is 1.69. The van der Waals surface area contributed by atoms with Crippen LogP contribution in [0, 0.1) is 5.92 Å². The van der Waals surface area contributed by atoms with E-state index in [1.165, 1.54) is 11.1 Å². The average Bonchev–Trinajstić information content (AvgIpc) is 3.45. The van der Waals surface area contributed by atoms with Crippen LogP contribution in [0.3, 0.4) is 0 Å². The van der Waals surface area contributed by atoms with Crippen molar-refractivity contribution in [1.82, 2.24) is 10.2 Å². The van der Waals surface area contributed by atoms with E-state index in [0.717, 1.165) is 50.7 Å². The van der Waals surface area contributed by atoms with Gasteiger partial charge in [-0.1, -0.05) is 42.5 Å². The van der Waals surface area contributed by atoms with Gasteiger partial charge in [-0.15, -0.1) is 24.0 Å². The summed E-state index contributed by atoms with van der Waals surface area (Å²) in [4.78, 5) is 20.6. The molecule has 32 heavy (non-hydrogen) atoms. The third-order valence-corrected chi connectivity index (χ3v) is 6.03. The average molecular weight is 548 g/mol. The number of aliphatic imine (C=N–C) groups is 1. The van der Waals surface area contributed by atoms with E-state index in [1.807, 2.05) is 42.3 Å². The van der Waals surface area contributed by atoms with Crippen LogP contribution in [0.1, 0.15) is 30.4 Å². The first kappa shape index (κ1) is 24.5. The van der Waals surface area contributed by atoms with E-state index in [2.05, 4.69) is 39.5 Å². The van der Waals surface area contributed by atoms with Crippen LogP contribution in [0.4, 0.5) is 5.69 Å². The highest BCUT2D eigenvalue weighted by Crippen LogP contribution is 2.22. The summed E-state index contributed by atoms with van der Waals surface area (Å²) in [7, 11) is 1.84. The van der Waals surface area contributed by atoms with Gasteiger partial charge in [0.1, 0.15) is 0 Å². The minimum atomic E-state index is 0. The molecule has 0 aromatic heterocycles. The van der Waals surface area contributed by atoms with Crippen molar-refractivity contribution in [2.75, 3.05) is 38.2 Å². The van der Waals surface area contributed by atoms with E-state index in [-0.39, 0.29) is 29.9 Å². The molecule has 0 radical (unpaired) electrons. The maximum atomic E-state index is 11.9. The van der Waals surface area contributed by atoms with Gasteiger partial charge < -0.3 is 19.9 Å². The largest absolute Gasteiger partial charge is 0.376 e. The van der Waals surface area contributed by atoms with E-state index in [0.29, 0.717) is 25.5 Å². The van der Waals surface area contributed by atoms with Crippen molar-refractivity contribution < 1.29 is 9.53 Å². The van der Waals surface area contributed by atoms with Gasteiger partial charge in [-0.25, -0.2) is 0 Å². The molecule has 172 valence electrons. The minimum absolute atomic E-state index is 0. The Hall–Kier alpha value is -2.13. The second-order valence-corrected chi connectivity index (χ2v) is 8.32. The molecule has 0 aliphatic carbocycles. The summed E-state index contributed by atoms with van der Waals surface area (Å²) in [6.45, 7) is 4.95. The molecule has 1 unspecified atom stereocenters. The lowest BCUT2D eigenvalue weighted by Gasteiger charge is -2.22. The molecule has 4 rings (SSSR count). The Morgan fingerprint density at radius 2 is 1.88 bits per heavy atom. The van der Waals surface area contributed by atoms with Crippen LogP contribution in [-0.4, -0.2) is 50.1 Å². The summed E-state index contributed by atoms with van der Waals surface area (Å²) >= 11 is 0. The number of hydrogen-bond donors (Lipinski definition) is 1. The summed E-state index contributed by atoms with van der Waals surface area (Å²) in [6, 6.07) is 18.6. The maximum absolute atomic E-state index is 11.9. The molecule has 6 nitrogen and oxygen atoms in total. The highest BCUT2D eigenvalue weighted by molar-refractivity contribution is 14.0. The fourth-order valence-corrected chi connectivity index (χ4v) is 4.31. The SMILES string of the molecule is CN=C(NCc1ccc(N2CCCC2=O)cc1)N1CCC(COCc2ccccc2)C1.I. The zero-order chi connectivity index (χ0) is 21.5. The van der Waals surface area contributed by atoms with Crippen molar-refractivity contribution in [2.45, 2.75) is 32.4 Å². The number of ether oxygens (including phenoxy) is 1. The number of amides is 1. The van der Waals surface area contributed by atoms with Crippen LogP contribution in [0.15, 0.2) is 59.6 Å². The van der Waals surface area contributed by atoms with Crippen molar-refractivity contribution in [3.05, 3.63) is 65.7 Å². The summed E-state index contributed by atoms with van der Waals surface area (Å²) in [6.07, 6.45) is 2.73. The Morgan fingerprint density at radius 1 is 1.09 bits per heavy atom. The molecule has 7 heteroatoms. The minimum Gasteiger partial charge on any atom is -0.376 e. The molecule has 1 N–H and O–H groups in total. The summed E-state index contributed by atoms with van der Waals surface area (Å²) < 4.78 is 5.94. The van der Waals surface area contributed by atoms with Gasteiger partial charge in [0.05, 0.1) is 13.2 Å². The van der Waals surface area contributed by atoms with Crippen molar-refractivity contribution in [3.8, 4) is 0 Å². The van der Waals surface area contributed by atoms with Gasteiger partial charge in [-0.05, 0) is 36.1 Å². The van der Waals surface area contributed by atoms with E-state index < -0.39 is 0 Å². The van der Waals surface area contributed by atoms with Gasteiger partial charge in [0.25, 0.3) is 0 Å². The van der Waals surface area contributed by atoms with Gasteiger partial charge in [-0.2, -0.15) is 0 Å². The lowest BCUT2D eigenvalue weighted by molar-refractivity contribution is -0.117. The van der Waals surface area contributed by atoms with Gasteiger partial charge in [0.2, 0.25) is 5.91 Å². The normalized spacial score (nSPS) is 18.7. The van der Waals surface area contributed by atoms with E-state index in [9.17, 15) is 4.79 Å². The number of rotatable bonds is 7. The van der Waals surface area contributed by atoms with E-state index in [1.54, 1.807) is 0 Å². The first-order valence-corrected chi connectivity index (χ1v) is 11.2. The monoisotopic (exact) mass is 548 g/mol. The number of anilines is 1. The molecule has 2 aromatic carbocycles. The van der Waals surface area contributed by atoms with Gasteiger partial charge in [-0.3, -0.25) is 9.79 Å². The zero-order valence-corrected chi connectivity index (χ0v) is 21.0. The number of carbonyl (C=O) groups excluding carboxylic acids is 1. The number of likely N-dealkylation sites (tertiary alicyclic amines) is 1. The Balaban J connectivity index is 0.00000289. The van der Waals surface area contributed by atoms with Gasteiger partial charge in [0.15, 0.2) is 5.96 Å². The summed E-state index contributed by atoms with van der Waals surface area (Å²) in [5, 5.41) is 3.48. The Morgan fingerprint density at radius 3 is 2.56 bits per heavy atom. The number of nitrogens with one attached hydrogen (secondary N) is 1. The molecule has 0 spiro atoms. The Labute approximate surface area is 208 Å². The smallest absolute Gasteiger partial charge is 0.227 e. The molecule has 2 aliphatic rings. The van der Waals surface area contributed by atoms with Crippen molar-refractivity contribution in [3.63, 3.8) is 0 Å². The third kappa shape index (κ3) is 6.45. The van der Waals surface area contributed by atoms with Crippen molar-refractivity contribution in [1.29, 1.82) is 0 Å². The molecule has 2 fully saturated rings. The fourth-order valence-electron chi connectivity index (χ4n) is 4.31. The molecule has 2 saturated heterocycles. The predicted octanol–water partition coefficient (Wildman–Crippen LogP) is 4.05. The molecule has 0 bridgehead atoms. The molecular weight excluding hydrogens is 515 g/mol. The first-order valence-electron chi connectivity index (χ1n) is 11.2. The van der Waals surface area contributed by atoms with Crippen LogP contribution in [0.25, 0.3) is 0 Å². The quantitative estimate of drug-likeness (QED) is 0.323. The Bertz CT molecular complexity index is 889. The number of benzene rings is 2. The molecule has 2 aliphatic heterocycles. The Kier molecular flexibility index (Phi) is 9.35. The molecular formula is C25H33IN4O2. The maximum Gasteiger partial charge on any atom is 0.227 e. The van der Waals surface area contributed by atoms with E-state index in [4.69, 9.17) is 4.74 Å². The van der Waals surface area contributed by atoms with Crippen LogP contribution >= 0.6 is 24.0 Å². The molecule has 0 saturated carbocycles. The number of hydrogen-bond acceptors (Lipinski definition) is 3. The predicted molar refractivity (Wildman–Crippen MR) is 139 cm³/mol. The third-order valence-electron chi connectivity index (χ3n) is 6.03. The highest BCUT2D eigenvalue weighted by Gasteiger charge is 2.25. The molecule has 2 heterocycles. The van der Waals surface area contributed by atoms with Gasteiger partial charge >= 0.3 is 0 Å².